The molecule has 0 aliphatic heterocycles. The van der Waals surface area contributed by atoms with E-state index in [0.717, 1.165) is 6.92 Å². The molecule has 10 heavy (non-hydrogen) atoms. The van der Waals surface area contributed by atoms with E-state index in [1.807, 2.05) is 0 Å². The number of carboxylic acids is 1. The molecule has 0 heterocycles. The standard InChI is InChI=1S/C5H7NO4/c1-2(7)3(4(6)8)5(9)10/h3H,1H3,(H2,6,8)(H,9,10). The van der Waals surface area contributed by atoms with Gasteiger partial charge >= 0.3 is 5.97 Å². The molecule has 0 aliphatic carbocycles. The number of hydrogen-bond donors (Lipinski definition) is 2. The second-order valence-electron chi connectivity index (χ2n) is 1.78. The van der Waals surface area contributed by atoms with Crippen LogP contribution in [0.5, 0.6) is 0 Å². The molecular formula is C5H7NO4. The molecular weight excluding hydrogens is 138 g/mol. The maximum absolute atomic E-state index is 10.3. The van der Waals surface area contributed by atoms with Crippen molar-refractivity contribution in [2.45, 2.75) is 6.92 Å². The molecule has 0 aromatic rings. The molecule has 5 nitrogen and oxygen atoms in total. The Morgan fingerprint density at radius 1 is 1.40 bits per heavy atom. The summed E-state index contributed by atoms with van der Waals surface area (Å²) in [7, 11) is 0. The van der Waals surface area contributed by atoms with Crippen LogP contribution < -0.4 is 5.73 Å². The van der Waals surface area contributed by atoms with E-state index in [2.05, 4.69) is 5.73 Å². The average molecular weight is 145 g/mol. The van der Waals surface area contributed by atoms with Gasteiger partial charge in [-0.25, -0.2) is 0 Å². The lowest BCUT2D eigenvalue weighted by Crippen LogP contribution is -2.35. The summed E-state index contributed by atoms with van der Waals surface area (Å²) in [6.45, 7) is 1.00. The van der Waals surface area contributed by atoms with Gasteiger partial charge in [0.2, 0.25) is 5.91 Å². The highest BCUT2D eigenvalue weighted by molar-refractivity contribution is 6.14. The fourth-order valence-electron chi connectivity index (χ4n) is 0.496. The van der Waals surface area contributed by atoms with E-state index in [4.69, 9.17) is 5.11 Å². The van der Waals surface area contributed by atoms with Crippen molar-refractivity contribution in [2.24, 2.45) is 11.7 Å². The zero-order chi connectivity index (χ0) is 8.31. The van der Waals surface area contributed by atoms with Gasteiger partial charge in [0, 0.05) is 0 Å². The Kier molecular flexibility index (Phi) is 2.54. The van der Waals surface area contributed by atoms with Gasteiger partial charge in [-0.2, -0.15) is 0 Å². The largest absolute Gasteiger partial charge is 0.480 e. The molecule has 0 saturated heterocycles. The second kappa shape index (κ2) is 2.95. The van der Waals surface area contributed by atoms with E-state index in [1.54, 1.807) is 0 Å². The third kappa shape index (κ3) is 1.85. The molecule has 0 bridgehead atoms. The summed E-state index contributed by atoms with van der Waals surface area (Å²) in [5.41, 5.74) is 4.60. The number of ketones is 1. The number of rotatable bonds is 3. The average Bonchev–Trinajstić information content (AvgIpc) is 1.59. The van der Waals surface area contributed by atoms with E-state index >= 15 is 0 Å². The number of carboxylic acid groups (broad SMARTS) is 1. The van der Waals surface area contributed by atoms with Gasteiger partial charge in [0.15, 0.2) is 11.7 Å². The monoisotopic (exact) mass is 145 g/mol. The van der Waals surface area contributed by atoms with Crippen LogP contribution in [-0.2, 0) is 14.4 Å². The van der Waals surface area contributed by atoms with Gasteiger partial charge in [0.1, 0.15) is 0 Å². The molecule has 0 aromatic carbocycles. The Bertz CT molecular complexity index is 153. The van der Waals surface area contributed by atoms with E-state index < -0.39 is 23.6 Å². The van der Waals surface area contributed by atoms with Crippen molar-refractivity contribution in [2.75, 3.05) is 0 Å². The van der Waals surface area contributed by atoms with Gasteiger partial charge in [-0.3, -0.25) is 14.4 Å². The van der Waals surface area contributed by atoms with Crippen LogP contribution in [0.15, 0.2) is 0 Å². The molecule has 1 amide bonds. The first-order valence-corrected chi connectivity index (χ1v) is 2.49. The molecule has 0 spiro atoms. The summed E-state index contributed by atoms with van der Waals surface area (Å²) in [5, 5.41) is 8.19. The first-order chi connectivity index (χ1) is 4.46. The predicted octanol–water partition coefficient (Wildman–Crippen LogP) is -1.24. The molecule has 0 fully saturated rings. The number of nitrogens with two attached hydrogens (primary N) is 1. The van der Waals surface area contributed by atoms with Gasteiger partial charge in [0.25, 0.3) is 0 Å². The molecule has 0 aliphatic rings. The maximum Gasteiger partial charge on any atom is 0.323 e. The topological polar surface area (TPSA) is 97.5 Å². The zero-order valence-corrected chi connectivity index (χ0v) is 5.33. The Morgan fingerprint density at radius 3 is 1.80 bits per heavy atom. The molecule has 0 rings (SSSR count). The van der Waals surface area contributed by atoms with E-state index in [-0.39, 0.29) is 0 Å². The molecule has 1 atom stereocenters. The maximum atomic E-state index is 10.3. The molecule has 0 aromatic heterocycles. The molecule has 3 N–H and O–H groups in total. The second-order valence-corrected chi connectivity index (χ2v) is 1.78. The summed E-state index contributed by atoms with van der Waals surface area (Å²) in [5.74, 6) is -5.07. The first kappa shape index (κ1) is 8.61. The van der Waals surface area contributed by atoms with Crippen LogP contribution in [0.3, 0.4) is 0 Å². The lowest BCUT2D eigenvalue weighted by Gasteiger charge is -2.00. The minimum absolute atomic E-state index is 0.750. The van der Waals surface area contributed by atoms with Crippen molar-refractivity contribution in [3.05, 3.63) is 0 Å². The summed E-state index contributed by atoms with van der Waals surface area (Å²) in [4.78, 5) is 30.6. The minimum Gasteiger partial charge on any atom is -0.480 e. The fraction of sp³-hybridized carbons (Fsp3) is 0.400. The third-order valence-corrected chi connectivity index (χ3v) is 0.938. The van der Waals surface area contributed by atoms with E-state index in [9.17, 15) is 14.4 Å². The van der Waals surface area contributed by atoms with Gasteiger partial charge in [-0.15, -0.1) is 0 Å². The summed E-state index contributed by atoms with van der Waals surface area (Å²) < 4.78 is 0. The first-order valence-electron chi connectivity index (χ1n) is 2.49. The summed E-state index contributed by atoms with van der Waals surface area (Å²) in [6.07, 6.45) is 0. The molecule has 56 valence electrons. The Labute approximate surface area is 56.8 Å². The van der Waals surface area contributed by atoms with Crippen LogP contribution in [0.2, 0.25) is 0 Å². The van der Waals surface area contributed by atoms with Crippen LogP contribution in [0.1, 0.15) is 6.92 Å². The van der Waals surface area contributed by atoms with Crippen LogP contribution in [0.4, 0.5) is 0 Å². The zero-order valence-electron chi connectivity index (χ0n) is 5.33. The molecule has 5 heteroatoms. The number of hydrogen-bond acceptors (Lipinski definition) is 3. The van der Waals surface area contributed by atoms with Crippen LogP contribution >= 0.6 is 0 Å². The quantitative estimate of drug-likeness (QED) is 0.485. The molecule has 0 saturated carbocycles. The van der Waals surface area contributed by atoms with Gasteiger partial charge < -0.3 is 10.8 Å². The smallest absolute Gasteiger partial charge is 0.323 e. The summed E-state index contributed by atoms with van der Waals surface area (Å²) >= 11 is 0. The highest BCUT2D eigenvalue weighted by Crippen LogP contribution is 1.95. The van der Waals surface area contributed by atoms with Crippen molar-refractivity contribution < 1.29 is 19.5 Å². The number of Topliss-reactive ketones (excluding diaryl/α,β-unsaturated/α-hetero) is 1. The van der Waals surface area contributed by atoms with Gasteiger partial charge in [-0.05, 0) is 6.92 Å². The Hall–Kier alpha value is -1.39. The van der Waals surface area contributed by atoms with Gasteiger partial charge in [-0.1, -0.05) is 0 Å². The normalized spacial score (nSPS) is 12.1. The molecule has 1 unspecified atom stereocenters. The minimum atomic E-state index is -1.69. The number of amides is 1. The van der Waals surface area contributed by atoms with Gasteiger partial charge in [0.05, 0.1) is 0 Å². The number of carbonyl (C=O) groups excluding carboxylic acids is 2. The number of primary amides is 1. The lowest BCUT2D eigenvalue weighted by molar-refractivity contribution is -0.149. The summed E-state index contributed by atoms with van der Waals surface area (Å²) in [6, 6.07) is 0. The van der Waals surface area contributed by atoms with Crippen molar-refractivity contribution >= 4 is 17.7 Å². The van der Waals surface area contributed by atoms with Crippen LogP contribution in [0.25, 0.3) is 0 Å². The third-order valence-electron chi connectivity index (χ3n) is 0.938. The van der Waals surface area contributed by atoms with Crippen molar-refractivity contribution in [3.8, 4) is 0 Å². The molecule has 0 radical (unpaired) electrons. The van der Waals surface area contributed by atoms with Crippen molar-refractivity contribution in [1.82, 2.24) is 0 Å². The number of aliphatic carboxylic acids is 1. The van der Waals surface area contributed by atoms with Crippen molar-refractivity contribution in [1.29, 1.82) is 0 Å². The number of carbonyl (C=O) groups is 3. The van der Waals surface area contributed by atoms with Crippen LogP contribution in [-0.4, -0.2) is 22.8 Å². The van der Waals surface area contributed by atoms with E-state index in [1.165, 1.54) is 0 Å². The Balaban J connectivity index is 4.43. The predicted molar refractivity (Wildman–Crippen MR) is 31.0 cm³/mol. The Morgan fingerprint density at radius 2 is 1.80 bits per heavy atom. The van der Waals surface area contributed by atoms with Crippen LogP contribution in [0, 0.1) is 5.92 Å². The van der Waals surface area contributed by atoms with E-state index in [0.29, 0.717) is 0 Å². The highest BCUT2D eigenvalue weighted by atomic mass is 16.4. The van der Waals surface area contributed by atoms with Crippen molar-refractivity contribution in [3.63, 3.8) is 0 Å². The SMILES string of the molecule is CC(=O)C(C(N)=O)C(=O)O. The highest BCUT2D eigenvalue weighted by Gasteiger charge is 2.28. The lowest BCUT2D eigenvalue weighted by atomic mass is 10.1. The fourth-order valence-corrected chi connectivity index (χ4v) is 0.496.